The summed E-state index contributed by atoms with van der Waals surface area (Å²) in [5.74, 6) is 0.405. The lowest BCUT2D eigenvalue weighted by Gasteiger charge is -2.20. The Morgan fingerprint density at radius 3 is 2.71 bits per heavy atom. The van der Waals surface area contributed by atoms with Gasteiger partial charge in [-0.05, 0) is 25.1 Å². The fraction of sp³-hybridized carbons (Fsp3) is 0.417. The van der Waals surface area contributed by atoms with Crippen molar-refractivity contribution < 1.29 is 14.6 Å². The molecule has 5 nitrogen and oxygen atoms in total. The van der Waals surface area contributed by atoms with Gasteiger partial charge in [0, 0.05) is 18.7 Å². The molecule has 0 heterocycles. The Hall–Kier alpha value is -1.75. The summed E-state index contributed by atoms with van der Waals surface area (Å²) < 4.78 is 5.02. The van der Waals surface area contributed by atoms with Gasteiger partial charge < -0.3 is 20.5 Å². The van der Waals surface area contributed by atoms with Gasteiger partial charge in [-0.25, -0.2) is 0 Å². The summed E-state index contributed by atoms with van der Waals surface area (Å²) >= 11 is 0. The Kier molecular flexibility index (Phi) is 4.78. The Labute approximate surface area is 101 Å². The van der Waals surface area contributed by atoms with E-state index in [4.69, 9.17) is 15.6 Å². The second-order valence-corrected chi connectivity index (χ2v) is 3.57. The van der Waals surface area contributed by atoms with E-state index in [0.717, 1.165) is 0 Å². The van der Waals surface area contributed by atoms with Crippen LogP contribution in [-0.2, 0) is 0 Å². The van der Waals surface area contributed by atoms with Crippen molar-refractivity contribution in [1.82, 2.24) is 4.90 Å². The first-order chi connectivity index (χ1) is 8.13. The number of benzene rings is 1. The highest BCUT2D eigenvalue weighted by molar-refractivity contribution is 5.95. The number of nitrogens with two attached hydrogens (primary N) is 1. The Balaban J connectivity index is 2.92. The summed E-state index contributed by atoms with van der Waals surface area (Å²) in [6.45, 7) is 2.68. The molecule has 0 aliphatic heterocycles. The van der Waals surface area contributed by atoms with Gasteiger partial charge in [0.1, 0.15) is 5.75 Å². The minimum absolute atomic E-state index is 0.0504. The first-order valence-corrected chi connectivity index (χ1v) is 5.47. The summed E-state index contributed by atoms with van der Waals surface area (Å²) in [7, 11) is 1.53. The van der Waals surface area contributed by atoms with Crippen LogP contribution in [0.4, 0.5) is 5.69 Å². The number of amides is 1. The fourth-order valence-corrected chi connectivity index (χ4v) is 1.57. The van der Waals surface area contributed by atoms with Gasteiger partial charge in [-0.1, -0.05) is 0 Å². The second kappa shape index (κ2) is 6.10. The standard InChI is InChI=1S/C12H18N2O3/c1-3-14(6-7-15)12(16)9-4-5-11(17-2)10(13)8-9/h4-5,8,15H,3,6-7,13H2,1-2H3. The average molecular weight is 238 g/mol. The number of rotatable bonds is 5. The third-order valence-electron chi connectivity index (χ3n) is 2.52. The SMILES string of the molecule is CCN(CCO)C(=O)c1ccc(OC)c(N)c1. The van der Waals surface area contributed by atoms with E-state index in [1.807, 2.05) is 6.92 Å². The molecule has 1 rings (SSSR count). The number of nitrogens with zero attached hydrogens (tertiary/aromatic N) is 1. The van der Waals surface area contributed by atoms with Crippen molar-refractivity contribution in [2.45, 2.75) is 6.92 Å². The molecule has 0 radical (unpaired) electrons. The Morgan fingerprint density at radius 2 is 2.24 bits per heavy atom. The van der Waals surface area contributed by atoms with Crippen LogP contribution in [0.3, 0.4) is 0 Å². The van der Waals surface area contributed by atoms with Crippen molar-refractivity contribution in [3.63, 3.8) is 0 Å². The van der Waals surface area contributed by atoms with E-state index in [-0.39, 0.29) is 12.5 Å². The molecule has 0 aliphatic carbocycles. The van der Waals surface area contributed by atoms with E-state index >= 15 is 0 Å². The van der Waals surface area contributed by atoms with Gasteiger partial charge in [0.05, 0.1) is 19.4 Å². The van der Waals surface area contributed by atoms with Crippen molar-refractivity contribution in [1.29, 1.82) is 0 Å². The van der Waals surface area contributed by atoms with E-state index in [2.05, 4.69) is 0 Å². The average Bonchev–Trinajstić information content (AvgIpc) is 2.35. The lowest BCUT2D eigenvalue weighted by molar-refractivity contribution is 0.0732. The smallest absolute Gasteiger partial charge is 0.254 e. The van der Waals surface area contributed by atoms with Gasteiger partial charge in [0.15, 0.2) is 0 Å². The van der Waals surface area contributed by atoms with E-state index < -0.39 is 0 Å². The first kappa shape index (κ1) is 13.3. The van der Waals surface area contributed by atoms with E-state index in [1.165, 1.54) is 7.11 Å². The van der Waals surface area contributed by atoms with Crippen molar-refractivity contribution in [3.8, 4) is 5.75 Å². The highest BCUT2D eigenvalue weighted by atomic mass is 16.5. The molecule has 0 unspecified atom stereocenters. The zero-order valence-corrected chi connectivity index (χ0v) is 10.1. The van der Waals surface area contributed by atoms with E-state index in [0.29, 0.717) is 30.1 Å². The highest BCUT2D eigenvalue weighted by Crippen LogP contribution is 2.22. The molecule has 0 atom stereocenters. The van der Waals surface area contributed by atoms with Crippen molar-refractivity contribution in [2.24, 2.45) is 0 Å². The molecule has 0 spiro atoms. The Bertz CT molecular complexity index is 393. The molecular weight excluding hydrogens is 220 g/mol. The largest absolute Gasteiger partial charge is 0.495 e. The highest BCUT2D eigenvalue weighted by Gasteiger charge is 2.14. The molecule has 94 valence electrons. The van der Waals surface area contributed by atoms with Crippen LogP contribution in [0.5, 0.6) is 5.75 Å². The van der Waals surface area contributed by atoms with Crippen LogP contribution in [0.2, 0.25) is 0 Å². The summed E-state index contributed by atoms with van der Waals surface area (Å²) in [4.78, 5) is 13.6. The number of hydrogen-bond donors (Lipinski definition) is 2. The van der Waals surface area contributed by atoms with Gasteiger partial charge in [-0.15, -0.1) is 0 Å². The number of methoxy groups -OCH3 is 1. The number of nitrogen functional groups attached to an aromatic ring is 1. The lowest BCUT2D eigenvalue weighted by atomic mass is 10.1. The van der Waals surface area contributed by atoms with Crippen LogP contribution in [0.1, 0.15) is 17.3 Å². The number of aliphatic hydroxyl groups is 1. The van der Waals surface area contributed by atoms with Gasteiger partial charge in [0.2, 0.25) is 0 Å². The minimum atomic E-state index is -0.143. The molecular formula is C12H18N2O3. The molecule has 5 heteroatoms. The van der Waals surface area contributed by atoms with E-state index in [1.54, 1.807) is 23.1 Å². The predicted molar refractivity (Wildman–Crippen MR) is 66.1 cm³/mol. The normalized spacial score (nSPS) is 10.1. The van der Waals surface area contributed by atoms with Crippen molar-refractivity contribution >= 4 is 11.6 Å². The van der Waals surface area contributed by atoms with Crippen molar-refractivity contribution in [2.75, 3.05) is 32.5 Å². The minimum Gasteiger partial charge on any atom is -0.495 e. The van der Waals surface area contributed by atoms with Crippen LogP contribution < -0.4 is 10.5 Å². The number of ether oxygens (including phenoxy) is 1. The van der Waals surface area contributed by atoms with Crippen LogP contribution in [0.15, 0.2) is 18.2 Å². The van der Waals surface area contributed by atoms with Crippen LogP contribution in [0.25, 0.3) is 0 Å². The number of aliphatic hydroxyl groups excluding tert-OH is 1. The fourth-order valence-electron chi connectivity index (χ4n) is 1.57. The molecule has 3 N–H and O–H groups in total. The zero-order chi connectivity index (χ0) is 12.8. The zero-order valence-electron chi connectivity index (χ0n) is 10.1. The molecule has 0 aliphatic rings. The number of carbonyl (C=O) groups is 1. The Morgan fingerprint density at radius 1 is 1.53 bits per heavy atom. The van der Waals surface area contributed by atoms with Crippen LogP contribution in [-0.4, -0.2) is 42.7 Å². The van der Waals surface area contributed by atoms with Crippen LogP contribution in [0, 0.1) is 0 Å². The maximum Gasteiger partial charge on any atom is 0.254 e. The summed E-state index contributed by atoms with van der Waals surface area (Å²) in [5, 5.41) is 8.86. The molecule has 1 aromatic carbocycles. The summed E-state index contributed by atoms with van der Waals surface area (Å²) in [6.07, 6.45) is 0. The maximum atomic E-state index is 12.0. The van der Waals surface area contributed by atoms with Gasteiger partial charge in [0.25, 0.3) is 5.91 Å². The summed E-state index contributed by atoms with van der Waals surface area (Å²) in [6, 6.07) is 4.91. The molecule has 0 fully saturated rings. The van der Waals surface area contributed by atoms with Gasteiger partial charge in [-0.2, -0.15) is 0 Å². The third-order valence-corrected chi connectivity index (χ3v) is 2.52. The van der Waals surface area contributed by atoms with Crippen molar-refractivity contribution in [3.05, 3.63) is 23.8 Å². The molecule has 0 bridgehead atoms. The molecule has 0 saturated heterocycles. The van der Waals surface area contributed by atoms with Gasteiger partial charge in [-0.3, -0.25) is 4.79 Å². The number of carbonyl (C=O) groups excluding carboxylic acids is 1. The molecule has 0 aromatic heterocycles. The molecule has 0 saturated carbocycles. The summed E-state index contributed by atoms with van der Waals surface area (Å²) in [5.41, 5.74) is 6.67. The monoisotopic (exact) mass is 238 g/mol. The first-order valence-electron chi connectivity index (χ1n) is 5.47. The van der Waals surface area contributed by atoms with Crippen LogP contribution >= 0.6 is 0 Å². The maximum absolute atomic E-state index is 12.0. The second-order valence-electron chi connectivity index (χ2n) is 3.57. The number of likely N-dealkylation sites (N-methyl/N-ethyl adjacent to an activating group) is 1. The third kappa shape index (κ3) is 3.10. The quantitative estimate of drug-likeness (QED) is 0.741. The number of hydrogen-bond acceptors (Lipinski definition) is 4. The van der Waals surface area contributed by atoms with Gasteiger partial charge >= 0.3 is 0 Å². The predicted octanol–water partition coefficient (Wildman–Crippen LogP) is 0.732. The number of anilines is 1. The molecule has 1 aromatic rings. The molecule has 1 amide bonds. The lowest BCUT2D eigenvalue weighted by Crippen LogP contribution is -2.33. The van der Waals surface area contributed by atoms with E-state index in [9.17, 15) is 4.79 Å². The molecule has 17 heavy (non-hydrogen) atoms. The topological polar surface area (TPSA) is 75.8 Å².